The zero-order valence-electron chi connectivity index (χ0n) is 14.6. The molecule has 1 fully saturated rings. The standard InChI is InChI=1S/C18H23N5O2S/c19-5-7-21-17(25)14-4-2-8-23(11-14)16(24)9-15-12-26-18(22-15)13-3-1-6-20-10-13/h1,3,6,10,12,14H,2,4-5,7-9,11,19H2,(H,21,25). The van der Waals surface area contributed by atoms with Crippen LogP contribution in [0.3, 0.4) is 0 Å². The second kappa shape index (κ2) is 8.86. The Morgan fingerprint density at radius 2 is 2.31 bits per heavy atom. The van der Waals surface area contributed by atoms with E-state index in [-0.39, 0.29) is 24.2 Å². The van der Waals surface area contributed by atoms with E-state index in [1.54, 1.807) is 17.3 Å². The third-order valence-corrected chi connectivity index (χ3v) is 5.32. The highest BCUT2D eigenvalue weighted by molar-refractivity contribution is 7.13. The molecule has 2 amide bonds. The van der Waals surface area contributed by atoms with Gasteiger partial charge in [-0.1, -0.05) is 0 Å². The van der Waals surface area contributed by atoms with Crippen molar-refractivity contribution in [2.45, 2.75) is 19.3 Å². The minimum Gasteiger partial charge on any atom is -0.355 e. The maximum absolute atomic E-state index is 12.6. The molecule has 0 aromatic carbocycles. The first-order chi connectivity index (χ1) is 12.7. The smallest absolute Gasteiger partial charge is 0.228 e. The zero-order chi connectivity index (χ0) is 18.4. The zero-order valence-corrected chi connectivity index (χ0v) is 15.4. The van der Waals surface area contributed by atoms with Crippen LogP contribution in [0.15, 0.2) is 29.9 Å². The summed E-state index contributed by atoms with van der Waals surface area (Å²) in [5.74, 6) is -0.148. The summed E-state index contributed by atoms with van der Waals surface area (Å²) in [6.45, 7) is 2.05. The lowest BCUT2D eigenvalue weighted by molar-refractivity contribution is -0.135. The summed E-state index contributed by atoms with van der Waals surface area (Å²) in [5.41, 5.74) is 7.13. The van der Waals surface area contributed by atoms with Gasteiger partial charge in [-0.3, -0.25) is 14.6 Å². The highest BCUT2D eigenvalue weighted by Crippen LogP contribution is 2.24. The van der Waals surface area contributed by atoms with Crippen molar-refractivity contribution in [1.82, 2.24) is 20.2 Å². The van der Waals surface area contributed by atoms with E-state index < -0.39 is 0 Å². The van der Waals surface area contributed by atoms with Crippen LogP contribution in [0.4, 0.5) is 0 Å². The van der Waals surface area contributed by atoms with Gasteiger partial charge in [-0.2, -0.15) is 0 Å². The highest BCUT2D eigenvalue weighted by Gasteiger charge is 2.28. The van der Waals surface area contributed by atoms with Crippen LogP contribution in [0, 0.1) is 5.92 Å². The van der Waals surface area contributed by atoms with Crippen molar-refractivity contribution in [3.05, 3.63) is 35.6 Å². The van der Waals surface area contributed by atoms with Crippen molar-refractivity contribution < 1.29 is 9.59 Å². The van der Waals surface area contributed by atoms with Crippen LogP contribution in [-0.2, 0) is 16.0 Å². The quantitative estimate of drug-likeness (QED) is 0.788. The first-order valence-electron chi connectivity index (χ1n) is 8.77. The summed E-state index contributed by atoms with van der Waals surface area (Å²) >= 11 is 1.51. The number of carbonyl (C=O) groups is 2. The van der Waals surface area contributed by atoms with Gasteiger partial charge in [-0.05, 0) is 25.0 Å². The molecule has 3 heterocycles. The number of aromatic nitrogens is 2. The number of nitrogens with one attached hydrogen (secondary N) is 1. The Labute approximate surface area is 156 Å². The first-order valence-corrected chi connectivity index (χ1v) is 9.65. The monoisotopic (exact) mass is 373 g/mol. The van der Waals surface area contributed by atoms with E-state index in [9.17, 15) is 9.59 Å². The van der Waals surface area contributed by atoms with Crippen molar-refractivity contribution in [3.8, 4) is 10.6 Å². The number of hydrogen-bond acceptors (Lipinski definition) is 6. The van der Waals surface area contributed by atoms with Crippen LogP contribution >= 0.6 is 11.3 Å². The second-order valence-corrected chi connectivity index (χ2v) is 7.18. The van der Waals surface area contributed by atoms with Gasteiger partial charge in [0.25, 0.3) is 0 Å². The van der Waals surface area contributed by atoms with Crippen molar-refractivity contribution in [1.29, 1.82) is 0 Å². The van der Waals surface area contributed by atoms with Gasteiger partial charge in [0.2, 0.25) is 11.8 Å². The molecule has 1 unspecified atom stereocenters. The van der Waals surface area contributed by atoms with Crippen molar-refractivity contribution in [2.75, 3.05) is 26.2 Å². The van der Waals surface area contributed by atoms with E-state index in [1.165, 1.54) is 11.3 Å². The summed E-state index contributed by atoms with van der Waals surface area (Å²) in [7, 11) is 0. The number of carbonyl (C=O) groups excluding carboxylic acids is 2. The average Bonchev–Trinajstić information content (AvgIpc) is 3.15. The fraction of sp³-hybridized carbons (Fsp3) is 0.444. The highest BCUT2D eigenvalue weighted by atomic mass is 32.1. The molecule has 26 heavy (non-hydrogen) atoms. The number of pyridine rings is 1. The van der Waals surface area contributed by atoms with Gasteiger partial charge >= 0.3 is 0 Å². The van der Waals surface area contributed by atoms with Gasteiger partial charge < -0.3 is 16.0 Å². The molecule has 1 atom stereocenters. The van der Waals surface area contributed by atoms with Crippen LogP contribution in [-0.4, -0.2) is 52.9 Å². The average molecular weight is 373 g/mol. The molecule has 7 nitrogen and oxygen atoms in total. The lowest BCUT2D eigenvalue weighted by atomic mass is 9.96. The predicted molar refractivity (Wildman–Crippen MR) is 100 cm³/mol. The van der Waals surface area contributed by atoms with Gasteiger partial charge in [0.1, 0.15) is 5.01 Å². The van der Waals surface area contributed by atoms with Crippen molar-refractivity contribution in [2.24, 2.45) is 11.7 Å². The minimum atomic E-state index is -0.152. The molecule has 1 aliphatic rings. The van der Waals surface area contributed by atoms with E-state index in [4.69, 9.17) is 5.73 Å². The summed E-state index contributed by atoms with van der Waals surface area (Å²) in [5, 5.41) is 5.59. The Morgan fingerprint density at radius 1 is 1.42 bits per heavy atom. The first kappa shape index (κ1) is 18.5. The molecule has 0 radical (unpaired) electrons. The normalized spacial score (nSPS) is 17.1. The van der Waals surface area contributed by atoms with Gasteiger partial charge in [0.15, 0.2) is 0 Å². The van der Waals surface area contributed by atoms with Gasteiger partial charge in [-0.15, -0.1) is 11.3 Å². The lowest BCUT2D eigenvalue weighted by Gasteiger charge is -2.32. The fourth-order valence-corrected chi connectivity index (χ4v) is 3.84. The predicted octanol–water partition coefficient (Wildman–Crippen LogP) is 1.06. The van der Waals surface area contributed by atoms with E-state index in [1.807, 2.05) is 17.5 Å². The molecule has 0 spiro atoms. The summed E-state index contributed by atoms with van der Waals surface area (Å²) in [6, 6.07) is 3.82. The molecule has 3 N–H and O–H groups in total. The van der Waals surface area contributed by atoms with E-state index in [2.05, 4.69) is 15.3 Å². The number of rotatable bonds is 6. The molecule has 1 aliphatic heterocycles. The number of piperidine rings is 1. The summed E-state index contributed by atoms with van der Waals surface area (Å²) < 4.78 is 0. The molecule has 138 valence electrons. The Balaban J connectivity index is 1.58. The molecule has 8 heteroatoms. The summed E-state index contributed by atoms with van der Waals surface area (Å²) in [6.07, 6.45) is 5.39. The molecule has 2 aromatic rings. The van der Waals surface area contributed by atoms with Crippen molar-refractivity contribution >= 4 is 23.2 Å². The van der Waals surface area contributed by atoms with Crippen LogP contribution < -0.4 is 11.1 Å². The number of likely N-dealkylation sites (tertiary alicyclic amines) is 1. The summed E-state index contributed by atoms with van der Waals surface area (Å²) in [4.78, 5) is 35.2. The Hall–Kier alpha value is -2.32. The Bertz CT molecular complexity index is 749. The Kier molecular flexibility index (Phi) is 6.30. The molecule has 2 aromatic heterocycles. The number of nitrogens with zero attached hydrogens (tertiary/aromatic N) is 3. The van der Waals surface area contributed by atoms with Crippen molar-refractivity contribution in [3.63, 3.8) is 0 Å². The molecule has 0 saturated carbocycles. The second-order valence-electron chi connectivity index (χ2n) is 6.32. The van der Waals surface area contributed by atoms with E-state index >= 15 is 0 Å². The molecular weight excluding hydrogens is 350 g/mol. The van der Waals surface area contributed by atoms with Crippen LogP contribution in [0.2, 0.25) is 0 Å². The number of hydrogen-bond donors (Lipinski definition) is 2. The third kappa shape index (κ3) is 4.64. The molecular formula is C18H23N5O2S. The maximum Gasteiger partial charge on any atom is 0.228 e. The fourth-order valence-electron chi connectivity index (χ4n) is 3.03. The van der Waals surface area contributed by atoms with Gasteiger partial charge in [0, 0.05) is 49.5 Å². The molecule has 3 rings (SSSR count). The van der Waals surface area contributed by atoms with E-state index in [0.29, 0.717) is 26.2 Å². The van der Waals surface area contributed by atoms with Crippen LogP contribution in [0.5, 0.6) is 0 Å². The molecule has 1 saturated heterocycles. The molecule has 0 bridgehead atoms. The maximum atomic E-state index is 12.6. The lowest BCUT2D eigenvalue weighted by Crippen LogP contribution is -2.46. The topological polar surface area (TPSA) is 101 Å². The van der Waals surface area contributed by atoms with Crippen LogP contribution in [0.25, 0.3) is 10.6 Å². The van der Waals surface area contributed by atoms with E-state index in [0.717, 1.165) is 29.1 Å². The number of amides is 2. The van der Waals surface area contributed by atoms with Gasteiger partial charge in [-0.25, -0.2) is 4.98 Å². The largest absolute Gasteiger partial charge is 0.355 e. The van der Waals surface area contributed by atoms with Gasteiger partial charge in [0.05, 0.1) is 18.0 Å². The molecule has 0 aliphatic carbocycles. The minimum absolute atomic E-state index is 0.0135. The number of nitrogens with two attached hydrogens (primary N) is 1. The van der Waals surface area contributed by atoms with Crippen LogP contribution in [0.1, 0.15) is 18.5 Å². The SMILES string of the molecule is NCCNC(=O)C1CCCN(C(=O)Cc2csc(-c3cccnc3)n2)C1. The number of thiazole rings is 1. The Morgan fingerprint density at radius 3 is 3.08 bits per heavy atom. The third-order valence-electron chi connectivity index (χ3n) is 4.38.